The summed E-state index contributed by atoms with van der Waals surface area (Å²) >= 11 is 0. The van der Waals surface area contributed by atoms with Crippen LogP contribution in [0.2, 0.25) is 0 Å². The standard InChI is InChI=1S/C23H26FN3O/c1-25(23(28)22-14-17-8-4-6-12-21(17)26(22)2)19-10-7-13-27(16-19)15-18-9-3-5-11-20(18)24/h3-6,8-9,11-12,14,19H,7,10,13,15-16H2,1-2H3/t19-/m0/s1. The Morgan fingerprint density at radius 3 is 2.71 bits per heavy atom. The molecule has 0 bridgehead atoms. The van der Waals surface area contributed by atoms with Crippen LogP contribution in [0.5, 0.6) is 0 Å². The molecule has 1 aliphatic rings. The third-order valence-electron chi connectivity index (χ3n) is 5.87. The molecule has 1 amide bonds. The molecule has 28 heavy (non-hydrogen) atoms. The zero-order valence-electron chi connectivity index (χ0n) is 16.4. The Morgan fingerprint density at radius 1 is 1.18 bits per heavy atom. The Kier molecular flexibility index (Phi) is 5.18. The number of carbonyl (C=O) groups excluding carboxylic acids is 1. The first-order valence-corrected chi connectivity index (χ1v) is 9.82. The summed E-state index contributed by atoms with van der Waals surface area (Å²) in [6, 6.07) is 17.1. The number of aryl methyl sites for hydroxylation is 1. The molecule has 0 radical (unpaired) electrons. The molecule has 1 aliphatic heterocycles. The first-order chi connectivity index (χ1) is 13.5. The number of benzene rings is 2. The van der Waals surface area contributed by atoms with Crippen molar-refractivity contribution in [3.05, 3.63) is 71.7 Å². The molecule has 1 fully saturated rings. The predicted octanol–water partition coefficient (Wildman–Crippen LogP) is 4.05. The van der Waals surface area contributed by atoms with E-state index in [1.807, 2.05) is 66.0 Å². The smallest absolute Gasteiger partial charge is 0.270 e. The Labute approximate surface area is 165 Å². The number of nitrogens with zero attached hydrogens (tertiary/aromatic N) is 3. The number of hydrogen-bond donors (Lipinski definition) is 0. The van der Waals surface area contributed by atoms with Gasteiger partial charge in [-0.3, -0.25) is 9.69 Å². The second-order valence-corrected chi connectivity index (χ2v) is 7.69. The number of piperidine rings is 1. The predicted molar refractivity (Wildman–Crippen MR) is 110 cm³/mol. The average molecular weight is 379 g/mol. The summed E-state index contributed by atoms with van der Waals surface area (Å²) in [6.45, 7) is 2.28. The van der Waals surface area contributed by atoms with Gasteiger partial charge in [0, 0.05) is 49.7 Å². The molecule has 0 spiro atoms. The molecular weight excluding hydrogens is 353 g/mol. The summed E-state index contributed by atoms with van der Waals surface area (Å²) in [6.07, 6.45) is 1.98. The zero-order valence-corrected chi connectivity index (χ0v) is 16.4. The minimum Gasteiger partial charge on any atom is -0.340 e. The van der Waals surface area contributed by atoms with Gasteiger partial charge in [-0.1, -0.05) is 36.4 Å². The topological polar surface area (TPSA) is 28.5 Å². The van der Waals surface area contributed by atoms with E-state index in [1.165, 1.54) is 6.07 Å². The van der Waals surface area contributed by atoms with Gasteiger partial charge in [0.2, 0.25) is 0 Å². The number of likely N-dealkylation sites (tertiary alicyclic amines) is 1. The number of aromatic nitrogens is 1. The zero-order chi connectivity index (χ0) is 19.7. The Bertz CT molecular complexity index is 996. The fraction of sp³-hybridized carbons (Fsp3) is 0.348. The maximum atomic E-state index is 14.0. The third kappa shape index (κ3) is 3.54. The molecule has 4 rings (SSSR count). The first-order valence-electron chi connectivity index (χ1n) is 9.82. The van der Waals surface area contributed by atoms with Crippen molar-refractivity contribution in [1.29, 1.82) is 0 Å². The van der Waals surface area contributed by atoms with E-state index in [1.54, 1.807) is 6.07 Å². The summed E-state index contributed by atoms with van der Waals surface area (Å²) in [5, 5.41) is 1.08. The van der Waals surface area contributed by atoms with Gasteiger partial charge in [-0.2, -0.15) is 0 Å². The van der Waals surface area contributed by atoms with Crippen molar-refractivity contribution in [3.8, 4) is 0 Å². The molecule has 4 nitrogen and oxygen atoms in total. The van der Waals surface area contributed by atoms with Crippen molar-refractivity contribution in [2.45, 2.75) is 25.4 Å². The van der Waals surface area contributed by atoms with Crippen molar-refractivity contribution in [2.24, 2.45) is 7.05 Å². The molecule has 5 heteroatoms. The summed E-state index contributed by atoms with van der Waals surface area (Å²) in [5.74, 6) is -0.124. The van der Waals surface area contributed by atoms with Gasteiger partial charge in [0.25, 0.3) is 5.91 Å². The van der Waals surface area contributed by atoms with Gasteiger partial charge in [0.1, 0.15) is 11.5 Å². The number of likely N-dealkylation sites (N-methyl/N-ethyl adjacent to an activating group) is 1. The molecule has 2 heterocycles. The molecule has 1 saturated heterocycles. The Balaban J connectivity index is 1.49. The quantitative estimate of drug-likeness (QED) is 0.684. The largest absolute Gasteiger partial charge is 0.340 e. The second kappa shape index (κ2) is 7.76. The molecule has 0 saturated carbocycles. The highest BCUT2D eigenvalue weighted by atomic mass is 19.1. The maximum Gasteiger partial charge on any atom is 0.270 e. The molecule has 0 N–H and O–H groups in total. The Morgan fingerprint density at radius 2 is 1.93 bits per heavy atom. The molecule has 0 aliphatic carbocycles. The van der Waals surface area contributed by atoms with Crippen molar-refractivity contribution < 1.29 is 9.18 Å². The lowest BCUT2D eigenvalue weighted by atomic mass is 10.0. The molecule has 0 unspecified atom stereocenters. The number of rotatable bonds is 4. The normalized spacial score (nSPS) is 17.8. The van der Waals surface area contributed by atoms with E-state index >= 15 is 0 Å². The lowest BCUT2D eigenvalue weighted by Gasteiger charge is -2.37. The van der Waals surface area contributed by atoms with Crippen LogP contribution in [0.25, 0.3) is 10.9 Å². The monoisotopic (exact) mass is 379 g/mol. The number of fused-ring (bicyclic) bond motifs is 1. The summed E-state index contributed by atoms with van der Waals surface area (Å²) in [5.41, 5.74) is 2.48. The van der Waals surface area contributed by atoms with Crippen molar-refractivity contribution in [1.82, 2.24) is 14.4 Å². The van der Waals surface area contributed by atoms with E-state index in [0.29, 0.717) is 17.8 Å². The van der Waals surface area contributed by atoms with Crippen LogP contribution < -0.4 is 0 Å². The highest BCUT2D eigenvalue weighted by Crippen LogP contribution is 2.23. The molecule has 1 aromatic heterocycles. The van der Waals surface area contributed by atoms with Gasteiger partial charge in [-0.15, -0.1) is 0 Å². The van der Waals surface area contributed by atoms with Gasteiger partial charge < -0.3 is 9.47 Å². The number of hydrogen-bond acceptors (Lipinski definition) is 2. The molecule has 2 aromatic carbocycles. The minimum atomic E-state index is -0.162. The highest BCUT2D eigenvalue weighted by Gasteiger charge is 2.28. The first kappa shape index (κ1) is 18.7. The number of halogens is 1. The fourth-order valence-electron chi connectivity index (χ4n) is 4.20. The SMILES string of the molecule is CN(C(=O)c1cc2ccccc2n1C)[C@H]1CCCN(Cc2ccccc2F)C1. The van der Waals surface area contributed by atoms with Crippen molar-refractivity contribution in [3.63, 3.8) is 0 Å². The summed E-state index contributed by atoms with van der Waals surface area (Å²) in [4.78, 5) is 17.3. The van der Waals surface area contributed by atoms with Crippen LogP contribution >= 0.6 is 0 Å². The van der Waals surface area contributed by atoms with Crippen LogP contribution in [0, 0.1) is 5.82 Å². The number of amides is 1. The van der Waals surface area contributed by atoms with Crippen LogP contribution in [-0.4, -0.2) is 46.5 Å². The van der Waals surface area contributed by atoms with E-state index in [0.717, 1.165) is 36.8 Å². The molecule has 3 aromatic rings. The van der Waals surface area contributed by atoms with Crippen LogP contribution in [-0.2, 0) is 13.6 Å². The van der Waals surface area contributed by atoms with Gasteiger partial charge in [0.15, 0.2) is 0 Å². The Hall–Kier alpha value is -2.66. The van der Waals surface area contributed by atoms with Gasteiger partial charge in [0.05, 0.1) is 0 Å². The molecule has 146 valence electrons. The van der Waals surface area contributed by atoms with E-state index in [2.05, 4.69) is 4.90 Å². The van der Waals surface area contributed by atoms with Crippen molar-refractivity contribution >= 4 is 16.8 Å². The third-order valence-corrected chi connectivity index (χ3v) is 5.87. The van der Waals surface area contributed by atoms with Gasteiger partial charge in [-0.05, 0) is 37.6 Å². The van der Waals surface area contributed by atoms with E-state index in [-0.39, 0.29) is 17.8 Å². The van der Waals surface area contributed by atoms with Crippen LogP contribution in [0.3, 0.4) is 0 Å². The molecular formula is C23H26FN3O. The lowest BCUT2D eigenvalue weighted by Crippen LogP contribution is -2.48. The number of para-hydroxylation sites is 1. The minimum absolute atomic E-state index is 0.0384. The van der Waals surface area contributed by atoms with Crippen LogP contribution in [0.15, 0.2) is 54.6 Å². The summed E-state index contributed by atoms with van der Waals surface area (Å²) in [7, 11) is 3.83. The van der Waals surface area contributed by atoms with E-state index in [4.69, 9.17) is 0 Å². The maximum absolute atomic E-state index is 14.0. The van der Waals surface area contributed by atoms with Crippen LogP contribution in [0.4, 0.5) is 4.39 Å². The van der Waals surface area contributed by atoms with Gasteiger partial charge >= 0.3 is 0 Å². The van der Waals surface area contributed by atoms with E-state index < -0.39 is 0 Å². The van der Waals surface area contributed by atoms with Crippen LogP contribution in [0.1, 0.15) is 28.9 Å². The molecule has 1 atom stereocenters. The highest BCUT2D eigenvalue weighted by molar-refractivity contribution is 5.98. The van der Waals surface area contributed by atoms with Crippen molar-refractivity contribution in [2.75, 3.05) is 20.1 Å². The average Bonchev–Trinajstić information content (AvgIpc) is 3.06. The van der Waals surface area contributed by atoms with Gasteiger partial charge in [-0.25, -0.2) is 4.39 Å². The lowest BCUT2D eigenvalue weighted by molar-refractivity contribution is 0.0599. The fourth-order valence-corrected chi connectivity index (χ4v) is 4.20. The van der Waals surface area contributed by atoms with E-state index in [9.17, 15) is 9.18 Å². The second-order valence-electron chi connectivity index (χ2n) is 7.69. The summed E-state index contributed by atoms with van der Waals surface area (Å²) < 4.78 is 16.0. The number of carbonyl (C=O) groups is 1.